The Kier molecular flexibility index (Phi) is 7.21. The smallest absolute Gasteiger partial charge is 0.225 e. The molecule has 1 aliphatic heterocycles. The molecular formula is C22H26BrIN4O. The molecule has 1 unspecified atom stereocenters. The average molecular weight is 569 g/mol. The molecule has 1 fully saturated rings. The molecule has 3 N–H and O–H groups in total. The highest BCUT2D eigenvalue weighted by Crippen LogP contribution is 2.48. The number of carbonyl (C=O) groups is 1. The quantitative estimate of drug-likeness (QED) is 0.285. The minimum absolute atomic E-state index is 0. The van der Waals surface area contributed by atoms with Crippen LogP contribution >= 0.6 is 39.9 Å². The second-order valence-corrected chi connectivity index (χ2v) is 8.55. The molecule has 0 radical (unpaired) electrons. The fraction of sp³-hybridized carbons (Fsp3) is 0.364. The Morgan fingerprint density at radius 3 is 2.72 bits per heavy atom. The second-order valence-electron chi connectivity index (χ2n) is 7.63. The SMILES string of the molecule is CN=C(NCC1CC(=O)Nc2ccccc21)NCC1(c2cccc(Br)c2)CC1.I. The number of para-hydroxylation sites is 1. The lowest BCUT2D eigenvalue weighted by atomic mass is 9.90. The molecule has 1 heterocycles. The van der Waals surface area contributed by atoms with Gasteiger partial charge in [0.25, 0.3) is 0 Å². The van der Waals surface area contributed by atoms with Gasteiger partial charge in [0.15, 0.2) is 5.96 Å². The molecule has 154 valence electrons. The summed E-state index contributed by atoms with van der Waals surface area (Å²) in [5.74, 6) is 0.994. The molecule has 0 aromatic heterocycles. The molecule has 29 heavy (non-hydrogen) atoms. The number of aliphatic imine (C=N–C) groups is 1. The van der Waals surface area contributed by atoms with Crippen molar-refractivity contribution in [3.63, 3.8) is 0 Å². The standard InChI is InChI=1S/C22H25BrN4O.HI/c1-24-21(26-14-22(9-10-22)16-5-4-6-17(23)12-16)25-13-15-11-20(28)27-19-8-3-2-7-18(15)19;/h2-8,12,15H,9-11,13-14H2,1H3,(H,27,28)(H2,24,25,26);1H. The van der Waals surface area contributed by atoms with Gasteiger partial charge in [-0.3, -0.25) is 9.79 Å². The maximum atomic E-state index is 12.0. The van der Waals surface area contributed by atoms with Crippen molar-refractivity contribution in [2.75, 3.05) is 25.5 Å². The number of carbonyl (C=O) groups excluding carboxylic acids is 1. The first-order valence-electron chi connectivity index (χ1n) is 9.69. The summed E-state index contributed by atoms with van der Waals surface area (Å²) in [5.41, 5.74) is 3.65. The Bertz CT molecular complexity index is 913. The van der Waals surface area contributed by atoms with Gasteiger partial charge in [0.1, 0.15) is 0 Å². The van der Waals surface area contributed by atoms with E-state index in [4.69, 9.17) is 0 Å². The zero-order valence-electron chi connectivity index (χ0n) is 16.4. The Labute approximate surface area is 197 Å². The zero-order chi connectivity index (χ0) is 19.6. The summed E-state index contributed by atoms with van der Waals surface area (Å²) in [6.07, 6.45) is 2.86. The zero-order valence-corrected chi connectivity index (χ0v) is 20.3. The van der Waals surface area contributed by atoms with Crippen LogP contribution in [-0.2, 0) is 10.2 Å². The van der Waals surface area contributed by atoms with Crippen LogP contribution in [0.1, 0.15) is 36.3 Å². The molecule has 0 spiro atoms. The Morgan fingerprint density at radius 1 is 1.21 bits per heavy atom. The number of halogens is 2. The highest BCUT2D eigenvalue weighted by molar-refractivity contribution is 14.0. The largest absolute Gasteiger partial charge is 0.356 e. The summed E-state index contributed by atoms with van der Waals surface area (Å²) in [6.45, 7) is 1.53. The van der Waals surface area contributed by atoms with Crippen molar-refractivity contribution in [1.29, 1.82) is 0 Å². The number of hydrogen-bond donors (Lipinski definition) is 3. The van der Waals surface area contributed by atoms with Gasteiger partial charge in [0.2, 0.25) is 5.91 Å². The van der Waals surface area contributed by atoms with Gasteiger partial charge in [0, 0.05) is 48.1 Å². The number of guanidine groups is 1. The third kappa shape index (κ3) is 5.12. The average Bonchev–Trinajstić information content (AvgIpc) is 3.49. The third-order valence-electron chi connectivity index (χ3n) is 5.73. The molecule has 1 atom stereocenters. The summed E-state index contributed by atoms with van der Waals surface area (Å²) in [4.78, 5) is 16.4. The van der Waals surface area contributed by atoms with Gasteiger partial charge in [-0.25, -0.2) is 0 Å². The van der Waals surface area contributed by atoms with Crippen LogP contribution in [0, 0.1) is 0 Å². The van der Waals surface area contributed by atoms with Gasteiger partial charge in [0.05, 0.1) is 0 Å². The van der Waals surface area contributed by atoms with Gasteiger partial charge in [-0.1, -0.05) is 46.3 Å². The van der Waals surface area contributed by atoms with Crippen molar-refractivity contribution >= 4 is 57.5 Å². The molecule has 1 aliphatic carbocycles. The van der Waals surface area contributed by atoms with Gasteiger partial charge in [-0.05, 0) is 42.2 Å². The van der Waals surface area contributed by atoms with Crippen molar-refractivity contribution in [3.05, 3.63) is 64.1 Å². The Hall–Kier alpha value is -1.61. The van der Waals surface area contributed by atoms with E-state index < -0.39 is 0 Å². The number of nitrogens with zero attached hydrogens (tertiary/aromatic N) is 1. The topological polar surface area (TPSA) is 65.5 Å². The molecular weight excluding hydrogens is 543 g/mol. The number of fused-ring (bicyclic) bond motifs is 1. The van der Waals surface area contributed by atoms with E-state index in [0.29, 0.717) is 13.0 Å². The predicted octanol–water partition coefficient (Wildman–Crippen LogP) is 4.39. The van der Waals surface area contributed by atoms with Crippen LogP contribution in [0.25, 0.3) is 0 Å². The first-order chi connectivity index (χ1) is 13.6. The molecule has 2 aromatic rings. The summed E-state index contributed by atoms with van der Waals surface area (Å²) in [5, 5.41) is 9.85. The minimum atomic E-state index is 0. The summed E-state index contributed by atoms with van der Waals surface area (Å²) in [6, 6.07) is 16.6. The third-order valence-corrected chi connectivity index (χ3v) is 6.22. The second kappa shape index (κ2) is 9.47. The van der Waals surface area contributed by atoms with Crippen LogP contribution in [0.3, 0.4) is 0 Å². The predicted molar refractivity (Wildman–Crippen MR) is 132 cm³/mol. The van der Waals surface area contributed by atoms with E-state index in [1.54, 1.807) is 7.05 Å². The monoisotopic (exact) mass is 568 g/mol. The van der Waals surface area contributed by atoms with Crippen LogP contribution in [-0.4, -0.2) is 32.0 Å². The minimum Gasteiger partial charge on any atom is -0.356 e. The van der Waals surface area contributed by atoms with E-state index >= 15 is 0 Å². The van der Waals surface area contributed by atoms with Gasteiger partial charge in [-0.15, -0.1) is 24.0 Å². The number of benzene rings is 2. The maximum Gasteiger partial charge on any atom is 0.225 e. The van der Waals surface area contributed by atoms with Crippen molar-refractivity contribution in [2.24, 2.45) is 4.99 Å². The Morgan fingerprint density at radius 2 is 2.00 bits per heavy atom. The van der Waals surface area contributed by atoms with E-state index in [-0.39, 0.29) is 41.2 Å². The van der Waals surface area contributed by atoms with Gasteiger partial charge < -0.3 is 16.0 Å². The molecule has 0 saturated heterocycles. The van der Waals surface area contributed by atoms with Crippen LogP contribution in [0.2, 0.25) is 0 Å². The Balaban J connectivity index is 0.00000240. The maximum absolute atomic E-state index is 12.0. The molecule has 5 nitrogen and oxygen atoms in total. The molecule has 2 aliphatic rings. The lowest BCUT2D eigenvalue weighted by Crippen LogP contribution is -2.43. The first kappa shape index (κ1) is 22.1. The number of nitrogens with one attached hydrogen (secondary N) is 3. The van der Waals surface area contributed by atoms with E-state index in [1.165, 1.54) is 24.0 Å². The number of hydrogen-bond acceptors (Lipinski definition) is 2. The summed E-state index contributed by atoms with van der Waals surface area (Å²) < 4.78 is 1.12. The van der Waals surface area contributed by atoms with Gasteiger partial charge in [-0.2, -0.15) is 0 Å². The lowest BCUT2D eigenvalue weighted by Gasteiger charge is -2.26. The molecule has 2 aromatic carbocycles. The highest BCUT2D eigenvalue weighted by atomic mass is 127. The fourth-order valence-corrected chi connectivity index (χ4v) is 4.31. The summed E-state index contributed by atoms with van der Waals surface area (Å²) >= 11 is 3.57. The molecule has 1 saturated carbocycles. The van der Waals surface area contributed by atoms with Crippen molar-refractivity contribution < 1.29 is 4.79 Å². The molecule has 4 rings (SSSR count). The van der Waals surface area contributed by atoms with Gasteiger partial charge >= 0.3 is 0 Å². The highest BCUT2D eigenvalue weighted by Gasteiger charge is 2.44. The van der Waals surface area contributed by atoms with E-state index in [2.05, 4.69) is 67.2 Å². The van der Waals surface area contributed by atoms with Crippen molar-refractivity contribution in [2.45, 2.75) is 30.6 Å². The number of anilines is 1. The fourth-order valence-electron chi connectivity index (χ4n) is 3.91. The van der Waals surface area contributed by atoms with E-state index in [0.717, 1.165) is 22.7 Å². The van der Waals surface area contributed by atoms with Crippen molar-refractivity contribution in [1.82, 2.24) is 10.6 Å². The summed E-state index contributed by atoms with van der Waals surface area (Å²) in [7, 11) is 1.79. The molecule has 1 amide bonds. The molecule has 0 bridgehead atoms. The van der Waals surface area contributed by atoms with Crippen LogP contribution in [0.4, 0.5) is 5.69 Å². The van der Waals surface area contributed by atoms with Crippen molar-refractivity contribution in [3.8, 4) is 0 Å². The van der Waals surface area contributed by atoms with Crippen LogP contribution in [0.15, 0.2) is 58.0 Å². The number of rotatable bonds is 5. The van der Waals surface area contributed by atoms with E-state index in [1.807, 2.05) is 18.2 Å². The lowest BCUT2D eigenvalue weighted by molar-refractivity contribution is -0.116. The van der Waals surface area contributed by atoms with Crippen LogP contribution < -0.4 is 16.0 Å². The normalized spacial score (nSPS) is 19.4. The molecule has 7 heteroatoms. The number of amides is 1. The van der Waals surface area contributed by atoms with E-state index in [9.17, 15) is 4.79 Å². The first-order valence-corrected chi connectivity index (χ1v) is 10.5. The van der Waals surface area contributed by atoms with Crippen LogP contribution in [0.5, 0.6) is 0 Å².